The highest BCUT2D eigenvalue weighted by Crippen LogP contribution is 2.33. The van der Waals surface area contributed by atoms with E-state index in [1.165, 1.54) is 37.3 Å². The van der Waals surface area contributed by atoms with Crippen LogP contribution >= 0.6 is 23.2 Å². The molecule has 260 valence electrons. The lowest BCUT2D eigenvalue weighted by Crippen LogP contribution is -2.56. The first kappa shape index (κ1) is 37.6. The average Bonchev–Trinajstić information content (AvgIpc) is 3.06. The van der Waals surface area contributed by atoms with Gasteiger partial charge in [0.25, 0.3) is 10.0 Å². The molecule has 49 heavy (non-hydrogen) atoms. The number of nitrogens with one attached hydrogen (secondary N) is 1. The Morgan fingerprint density at radius 2 is 1.45 bits per heavy atom. The maximum Gasteiger partial charge on any atom is 0.264 e. The molecule has 0 aliphatic heterocycles. The average molecular weight is 727 g/mol. The third-order valence-corrected chi connectivity index (χ3v) is 10.2. The summed E-state index contributed by atoms with van der Waals surface area (Å²) in [6.07, 6.45) is 0.142. The van der Waals surface area contributed by atoms with Crippen molar-refractivity contribution in [2.75, 3.05) is 25.1 Å². The second kappa shape index (κ2) is 16.0. The summed E-state index contributed by atoms with van der Waals surface area (Å²) in [6.45, 7) is 6.60. The Hall–Kier alpha value is -4.25. The Bertz CT molecular complexity index is 1860. The first-order valence-corrected chi connectivity index (χ1v) is 17.7. The molecule has 0 saturated carbocycles. The molecule has 0 aliphatic carbocycles. The number of sulfonamides is 1. The zero-order chi connectivity index (χ0) is 35.9. The number of carbonyl (C=O) groups is 2. The van der Waals surface area contributed by atoms with Crippen molar-refractivity contribution >= 4 is 50.7 Å². The predicted octanol–water partition coefficient (Wildman–Crippen LogP) is 7.07. The normalized spacial score (nSPS) is 12.2. The summed E-state index contributed by atoms with van der Waals surface area (Å²) in [4.78, 5) is 30.1. The summed E-state index contributed by atoms with van der Waals surface area (Å²) < 4.78 is 40.6. The molecular formula is C37H41Cl2N3O6S. The first-order valence-electron chi connectivity index (χ1n) is 15.5. The summed E-state index contributed by atoms with van der Waals surface area (Å²) >= 11 is 13.2. The van der Waals surface area contributed by atoms with E-state index in [1.807, 2.05) is 58.0 Å². The standard InChI is InChI=1S/C37H41Cl2N3O6S/c1-25-15-17-27(18-16-25)42(49(45,46)28-19-20-33(47-5)34(22-28)48-6)24-35(43)41(23-29-30(38)13-10-14-31(29)39)32(36(44)40-37(2,3)4)21-26-11-8-7-9-12-26/h7-20,22,32H,21,23-24H2,1-6H3,(H,40,44)/t32-/m1/s1. The Kier molecular flexibility index (Phi) is 12.2. The van der Waals surface area contributed by atoms with Crippen LogP contribution in [0.5, 0.6) is 11.5 Å². The van der Waals surface area contributed by atoms with E-state index in [9.17, 15) is 18.0 Å². The van der Waals surface area contributed by atoms with Gasteiger partial charge in [0.1, 0.15) is 12.6 Å². The van der Waals surface area contributed by atoms with E-state index in [1.54, 1.807) is 42.5 Å². The van der Waals surface area contributed by atoms with Crippen molar-refractivity contribution in [1.82, 2.24) is 10.2 Å². The summed E-state index contributed by atoms with van der Waals surface area (Å²) in [5, 5.41) is 3.60. The summed E-state index contributed by atoms with van der Waals surface area (Å²) in [7, 11) is -1.52. The van der Waals surface area contributed by atoms with Gasteiger partial charge in [-0.2, -0.15) is 0 Å². The van der Waals surface area contributed by atoms with Gasteiger partial charge in [-0.25, -0.2) is 8.42 Å². The molecule has 4 aromatic carbocycles. The second-order valence-corrected chi connectivity index (χ2v) is 15.2. The number of nitrogens with zero attached hydrogens (tertiary/aromatic N) is 2. The number of anilines is 1. The van der Waals surface area contributed by atoms with Gasteiger partial charge in [0, 0.05) is 40.2 Å². The minimum atomic E-state index is -4.38. The number of hydrogen-bond donors (Lipinski definition) is 1. The van der Waals surface area contributed by atoms with Crippen molar-refractivity contribution < 1.29 is 27.5 Å². The quantitative estimate of drug-likeness (QED) is 0.158. The molecule has 0 heterocycles. The van der Waals surface area contributed by atoms with Crippen LogP contribution in [0, 0.1) is 6.92 Å². The number of halogens is 2. The van der Waals surface area contributed by atoms with Crippen LogP contribution in [0.4, 0.5) is 5.69 Å². The molecule has 0 unspecified atom stereocenters. The fourth-order valence-corrected chi connectivity index (χ4v) is 7.15. The Morgan fingerprint density at radius 3 is 2.02 bits per heavy atom. The number of methoxy groups -OCH3 is 2. The molecule has 9 nitrogen and oxygen atoms in total. The molecule has 0 radical (unpaired) electrons. The van der Waals surface area contributed by atoms with Gasteiger partial charge >= 0.3 is 0 Å². The van der Waals surface area contributed by atoms with Crippen LogP contribution in [-0.4, -0.2) is 57.5 Å². The van der Waals surface area contributed by atoms with Crippen molar-refractivity contribution in [3.8, 4) is 11.5 Å². The smallest absolute Gasteiger partial charge is 0.264 e. The van der Waals surface area contributed by atoms with Gasteiger partial charge in [-0.3, -0.25) is 13.9 Å². The summed E-state index contributed by atoms with van der Waals surface area (Å²) in [5.41, 5.74) is 1.74. The van der Waals surface area contributed by atoms with Crippen molar-refractivity contribution in [1.29, 1.82) is 0 Å². The molecule has 1 N–H and O–H groups in total. The molecule has 0 aliphatic rings. The number of amides is 2. The molecule has 0 bridgehead atoms. The number of rotatable bonds is 13. The largest absolute Gasteiger partial charge is 0.493 e. The van der Waals surface area contributed by atoms with Gasteiger partial charge in [0.15, 0.2) is 11.5 Å². The topological polar surface area (TPSA) is 105 Å². The zero-order valence-electron chi connectivity index (χ0n) is 28.4. The molecule has 1 atom stereocenters. The van der Waals surface area contributed by atoms with E-state index in [0.717, 1.165) is 15.4 Å². The maximum absolute atomic E-state index is 14.7. The Balaban J connectivity index is 1.87. The molecular weight excluding hydrogens is 685 g/mol. The molecule has 4 aromatic rings. The SMILES string of the molecule is COc1ccc(S(=O)(=O)N(CC(=O)N(Cc2c(Cl)cccc2Cl)[C@H](Cc2ccccc2)C(=O)NC(C)(C)C)c2ccc(C)cc2)cc1OC. The van der Waals surface area contributed by atoms with Crippen LogP contribution in [0.1, 0.15) is 37.5 Å². The van der Waals surface area contributed by atoms with E-state index in [2.05, 4.69) is 5.32 Å². The molecule has 12 heteroatoms. The van der Waals surface area contributed by atoms with Gasteiger partial charge in [-0.05, 0) is 69.7 Å². The maximum atomic E-state index is 14.7. The third-order valence-electron chi connectivity index (χ3n) is 7.70. The van der Waals surface area contributed by atoms with Gasteiger partial charge in [0.05, 0.1) is 24.8 Å². The highest BCUT2D eigenvalue weighted by Gasteiger charge is 2.36. The summed E-state index contributed by atoms with van der Waals surface area (Å²) in [5.74, 6) is -0.519. The molecule has 2 amide bonds. The molecule has 0 saturated heterocycles. The lowest BCUT2D eigenvalue weighted by atomic mass is 10.0. The number of ether oxygens (including phenoxy) is 2. The first-order chi connectivity index (χ1) is 23.1. The van der Waals surface area contributed by atoms with Crippen LogP contribution in [0.15, 0.2) is 95.9 Å². The molecule has 4 rings (SSSR count). The monoisotopic (exact) mass is 725 g/mol. The van der Waals surface area contributed by atoms with Crippen LogP contribution in [0.2, 0.25) is 10.0 Å². The van der Waals surface area contributed by atoms with E-state index in [-0.39, 0.29) is 29.3 Å². The minimum Gasteiger partial charge on any atom is -0.493 e. The van der Waals surface area contributed by atoms with Gasteiger partial charge in [0.2, 0.25) is 11.8 Å². The highest BCUT2D eigenvalue weighted by atomic mass is 35.5. The lowest BCUT2D eigenvalue weighted by molar-refractivity contribution is -0.140. The predicted molar refractivity (Wildman–Crippen MR) is 194 cm³/mol. The third kappa shape index (κ3) is 9.47. The van der Waals surface area contributed by atoms with Crippen molar-refractivity contribution in [3.63, 3.8) is 0 Å². The number of carbonyl (C=O) groups excluding carboxylic acids is 2. The van der Waals surface area contributed by atoms with Gasteiger partial charge in [-0.15, -0.1) is 0 Å². The number of benzene rings is 4. The Labute approximate surface area is 298 Å². The van der Waals surface area contributed by atoms with E-state index < -0.39 is 40.0 Å². The zero-order valence-corrected chi connectivity index (χ0v) is 30.7. The number of hydrogen-bond acceptors (Lipinski definition) is 6. The number of aryl methyl sites for hydroxylation is 1. The minimum absolute atomic E-state index is 0.120. The van der Waals surface area contributed by atoms with Crippen LogP contribution in [0.25, 0.3) is 0 Å². The van der Waals surface area contributed by atoms with E-state index >= 15 is 0 Å². The van der Waals surface area contributed by atoms with Gasteiger partial charge < -0.3 is 19.7 Å². The highest BCUT2D eigenvalue weighted by molar-refractivity contribution is 7.92. The van der Waals surface area contributed by atoms with Crippen LogP contribution in [0.3, 0.4) is 0 Å². The second-order valence-electron chi connectivity index (χ2n) is 12.5. The van der Waals surface area contributed by atoms with Gasteiger partial charge in [-0.1, -0.05) is 77.3 Å². The van der Waals surface area contributed by atoms with Crippen molar-refractivity contribution in [2.45, 2.75) is 57.1 Å². The molecule has 0 fully saturated rings. The summed E-state index contributed by atoms with van der Waals surface area (Å²) in [6, 6.07) is 24.2. The van der Waals surface area contributed by atoms with Crippen molar-refractivity contribution in [2.24, 2.45) is 0 Å². The van der Waals surface area contributed by atoms with Crippen LogP contribution < -0.4 is 19.1 Å². The van der Waals surface area contributed by atoms with E-state index in [0.29, 0.717) is 21.4 Å². The Morgan fingerprint density at radius 1 is 0.837 bits per heavy atom. The lowest BCUT2D eigenvalue weighted by Gasteiger charge is -2.35. The fourth-order valence-electron chi connectivity index (χ4n) is 5.20. The van der Waals surface area contributed by atoms with E-state index in [4.69, 9.17) is 32.7 Å². The molecule has 0 spiro atoms. The van der Waals surface area contributed by atoms with Crippen molar-refractivity contribution in [3.05, 3.63) is 118 Å². The fraction of sp³-hybridized carbons (Fsp3) is 0.297. The molecule has 0 aromatic heterocycles. The van der Waals surface area contributed by atoms with Crippen LogP contribution in [-0.2, 0) is 32.6 Å².